The van der Waals surface area contributed by atoms with E-state index in [4.69, 9.17) is 9.98 Å². The molecule has 2 aromatic carbocycles. The van der Waals surface area contributed by atoms with Gasteiger partial charge in [0, 0.05) is 11.3 Å². The number of nitrogens with one attached hydrogen (secondary N) is 1. The maximum absolute atomic E-state index is 13.1. The van der Waals surface area contributed by atoms with Crippen molar-refractivity contribution in [2.45, 2.75) is 38.5 Å². The number of nitrogens with zero attached hydrogens (tertiary/aromatic N) is 3. The molecule has 0 saturated carbocycles. The van der Waals surface area contributed by atoms with Gasteiger partial charge in [-0.2, -0.15) is 0 Å². The summed E-state index contributed by atoms with van der Waals surface area (Å²) in [5, 5.41) is 3.07. The number of anilines is 1. The molecular formula is C23H24N4O2S. The third kappa shape index (κ3) is 3.77. The third-order valence-corrected chi connectivity index (χ3v) is 6.40. The molecule has 4 rings (SSSR count). The smallest absolute Gasteiger partial charge is 0.259 e. The molecule has 0 radical (unpaired) electrons. The number of thioether (sulfide) groups is 1. The highest BCUT2D eigenvalue weighted by atomic mass is 32.2. The summed E-state index contributed by atoms with van der Waals surface area (Å²) in [5.74, 6) is 0.516. The van der Waals surface area contributed by atoms with Gasteiger partial charge in [-0.05, 0) is 36.6 Å². The molecule has 6 nitrogen and oxygen atoms in total. The standard InChI is InChI=1S/C23H24N4O2S/c1-4-18(21(28)24-15-10-6-5-7-11-15)30-23-25-17-13-9-8-12-16(17)20-26-19(14(2)3)22(29)27(20)23/h5-14,18-19H,4H2,1-3H3,(H,24,28)/t18-,19-/m0/s1. The number of rotatable bonds is 5. The maximum Gasteiger partial charge on any atom is 0.259 e. The van der Waals surface area contributed by atoms with Crippen molar-refractivity contribution in [2.75, 3.05) is 5.32 Å². The fraction of sp³-hybridized carbons (Fsp3) is 0.304. The van der Waals surface area contributed by atoms with Crippen LogP contribution in [-0.2, 0) is 9.59 Å². The van der Waals surface area contributed by atoms with Crippen LogP contribution < -0.4 is 5.32 Å². The van der Waals surface area contributed by atoms with Crippen LogP contribution in [0.3, 0.4) is 0 Å². The zero-order chi connectivity index (χ0) is 21.3. The maximum atomic E-state index is 13.1. The fourth-order valence-corrected chi connectivity index (χ4v) is 4.50. The van der Waals surface area contributed by atoms with Crippen molar-refractivity contribution < 1.29 is 9.59 Å². The first-order valence-electron chi connectivity index (χ1n) is 10.1. The zero-order valence-electron chi connectivity index (χ0n) is 17.2. The molecule has 0 aromatic heterocycles. The predicted octanol–water partition coefficient (Wildman–Crippen LogP) is 4.45. The Morgan fingerprint density at radius 1 is 1.13 bits per heavy atom. The van der Waals surface area contributed by atoms with Gasteiger partial charge in [0.2, 0.25) is 5.91 Å². The molecule has 2 aliphatic heterocycles. The Labute approximate surface area is 180 Å². The number of amides is 2. The fourth-order valence-electron chi connectivity index (χ4n) is 3.48. The molecule has 1 N–H and O–H groups in total. The molecule has 2 aliphatic rings. The largest absolute Gasteiger partial charge is 0.325 e. The second kappa shape index (κ2) is 8.44. The lowest BCUT2D eigenvalue weighted by atomic mass is 10.1. The lowest BCUT2D eigenvalue weighted by Crippen LogP contribution is -2.43. The second-order valence-corrected chi connectivity index (χ2v) is 8.77. The number of aliphatic imine (C=N–C) groups is 2. The van der Waals surface area contributed by atoms with E-state index in [1.165, 1.54) is 11.8 Å². The number of carbonyl (C=O) groups excluding carboxylic acids is 2. The monoisotopic (exact) mass is 420 g/mol. The number of hydrogen-bond donors (Lipinski definition) is 1. The van der Waals surface area contributed by atoms with Gasteiger partial charge in [0.15, 0.2) is 5.17 Å². The van der Waals surface area contributed by atoms with E-state index >= 15 is 0 Å². The summed E-state index contributed by atoms with van der Waals surface area (Å²) in [6, 6.07) is 16.6. The molecule has 154 valence electrons. The molecule has 2 atom stereocenters. The van der Waals surface area contributed by atoms with Gasteiger partial charge >= 0.3 is 0 Å². The number of benzene rings is 2. The average molecular weight is 421 g/mol. The molecule has 0 fully saturated rings. The van der Waals surface area contributed by atoms with Gasteiger partial charge in [0.1, 0.15) is 11.9 Å². The average Bonchev–Trinajstić information content (AvgIpc) is 3.10. The molecule has 2 heterocycles. The van der Waals surface area contributed by atoms with Gasteiger partial charge < -0.3 is 5.32 Å². The number of fused-ring (bicyclic) bond motifs is 3. The highest BCUT2D eigenvalue weighted by molar-refractivity contribution is 8.15. The van der Waals surface area contributed by atoms with Crippen molar-refractivity contribution in [2.24, 2.45) is 15.9 Å². The van der Waals surface area contributed by atoms with Crippen LogP contribution in [0.5, 0.6) is 0 Å². The van der Waals surface area contributed by atoms with Crippen LogP contribution >= 0.6 is 11.8 Å². The lowest BCUT2D eigenvalue weighted by Gasteiger charge is -2.27. The van der Waals surface area contributed by atoms with Crippen molar-refractivity contribution >= 4 is 46.0 Å². The first-order valence-corrected chi connectivity index (χ1v) is 11.0. The van der Waals surface area contributed by atoms with Crippen molar-refractivity contribution in [3.05, 3.63) is 60.2 Å². The topological polar surface area (TPSA) is 74.1 Å². The molecule has 30 heavy (non-hydrogen) atoms. The lowest BCUT2D eigenvalue weighted by molar-refractivity contribution is -0.125. The summed E-state index contributed by atoms with van der Waals surface area (Å²) in [4.78, 5) is 37.1. The Bertz CT molecular complexity index is 1030. The Balaban J connectivity index is 1.64. The highest BCUT2D eigenvalue weighted by Gasteiger charge is 2.43. The van der Waals surface area contributed by atoms with E-state index in [2.05, 4.69) is 5.32 Å². The Morgan fingerprint density at radius 3 is 2.53 bits per heavy atom. The van der Waals surface area contributed by atoms with Gasteiger partial charge in [-0.3, -0.25) is 14.6 Å². The minimum absolute atomic E-state index is 0.0809. The van der Waals surface area contributed by atoms with Crippen molar-refractivity contribution in [3.63, 3.8) is 0 Å². The number of carbonyl (C=O) groups is 2. The van der Waals surface area contributed by atoms with Crippen molar-refractivity contribution in [1.29, 1.82) is 0 Å². The van der Waals surface area contributed by atoms with E-state index in [1.54, 1.807) is 4.90 Å². The molecule has 0 bridgehead atoms. The summed E-state index contributed by atoms with van der Waals surface area (Å²) in [7, 11) is 0. The summed E-state index contributed by atoms with van der Waals surface area (Å²) in [6.07, 6.45) is 0.603. The zero-order valence-corrected chi connectivity index (χ0v) is 18.0. The molecule has 0 unspecified atom stereocenters. The number of amidine groups is 2. The van der Waals surface area contributed by atoms with E-state index < -0.39 is 6.04 Å². The molecule has 7 heteroatoms. The summed E-state index contributed by atoms with van der Waals surface area (Å²) in [5.41, 5.74) is 2.36. The molecule has 0 aliphatic carbocycles. The van der Waals surface area contributed by atoms with Crippen LogP contribution in [0.25, 0.3) is 0 Å². The van der Waals surface area contributed by atoms with Crippen LogP contribution in [0, 0.1) is 5.92 Å². The SMILES string of the molecule is CC[C@H](SC1=Nc2ccccc2C2=N[C@@H](C(C)C)C(=O)N12)C(=O)Nc1ccccc1. The normalized spacial score (nSPS) is 18.5. The van der Waals surface area contributed by atoms with Crippen LogP contribution in [-0.4, -0.2) is 39.0 Å². The first kappa shape index (κ1) is 20.3. The molecule has 2 aromatic rings. The van der Waals surface area contributed by atoms with E-state index in [1.807, 2.05) is 75.4 Å². The highest BCUT2D eigenvalue weighted by Crippen LogP contribution is 2.36. The third-order valence-electron chi connectivity index (χ3n) is 5.08. The van der Waals surface area contributed by atoms with Crippen LogP contribution in [0.4, 0.5) is 11.4 Å². The molecule has 0 saturated heterocycles. The van der Waals surface area contributed by atoms with Gasteiger partial charge in [-0.15, -0.1) is 0 Å². The van der Waals surface area contributed by atoms with Crippen LogP contribution in [0.1, 0.15) is 32.8 Å². The summed E-state index contributed by atoms with van der Waals surface area (Å²) >= 11 is 1.31. The number of hydrogen-bond acceptors (Lipinski definition) is 5. The molecule has 0 spiro atoms. The second-order valence-electron chi connectivity index (χ2n) is 7.60. The minimum atomic E-state index is -0.435. The van der Waals surface area contributed by atoms with Crippen LogP contribution in [0.15, 0.2) is 64.6 Å². The number of para-hydroxylation sites is 2. The first-order chi connectivity index (χ1) is 14.5. The van der Waals surface area contributed by atoms with Gasteiger partial charge in [0.25, 0.3) is 5.91 Å². The molecular weight excluding hydrogens is 396 g/mol. The Kier molecular flexibility index (Phi) is 5.72. The Hall–Kier alpha value is -2.93. The van der Waals surface area contributed by atoms with Gasteiger partial charge in [-0.25, -0.2) is 9.89 Å². The van der Waals surface area contributed by atoms with Crippen LogP contribution in [0.2, 0.25) is 0 Å². The minimum Gasteiger partial charge on any atom is -0.325 e. The Morgan fingerprint density at radius 2 is 1.83 bits per heavy atom. The quantitative estimate of drug-likeness (QED) is 0.776. The summed E-state index contributed by atoms with van der Waals surface area (Å²) in [6.45, 7) is 5.93. The van der Waals surface area contributed by atoms with Gasteiger partial charge in [0.05, 0.1) is 10.9 Å². The van der Waals surface area contributed by atoms with E-state index in [9.17, 15) is 9.59 Å². The van der Waals surface area contributed by atoms with E-state index in [0.717, 1.165) is 16.9 Å². The summed E-state index contributed by atoms with van der Waals surface area (Å²) < 4.78 is 0. The van der Waals surface area contributed by atoms with Crippen molar-refractivity contribution in [3.8, 4) is 0 Å². The van der Waals surface area contributed by atoms with Gasteiger partial charge in [-0.1, -0.05) is 62.9 Å². The van der Waals surface area contributed by atoms with E-state index in [-0.39, 0.29) is 23.0 Å². The molecule has 2 amide bonds. The van der Waals surface area contributed by atoms with E-state index in [0.29, 0.717) is 17.4 Å². The van der Waals surface area contributed by atoms with Crippen molar-refractivity contribution in [1.82, 2.24) is 4.90 Å². The predicted molar refractivity (Wildman–Crippen MR) is 122 cm³/mol.